The number of carbonyl (C=O) groups is 1. The lowest BCUT2D eigenvalue weighted by Gasteiger charge is -2.01. The number of carbonyl (C=O) groups excluding carboxylic acids is 1. The largest absolute Gasteiger partial charge is 0.394 e. The molecule has 0 aromatic heterocycles. The van der Waals surface area contributed by atoms with Gasteiger partial charge >= 0.3 is 10.4 Å². The van der Waals surface area contributed by atoms with Crippen molar-refractivity contribution in [3.05, 3.63) is 12.7 Å². The number of aliphatic hydroxyl groups is 2. The van der Waals surface area contributed by atoms with E-state index in [0.29, 0.717) is 0 Å². The molecule has 14 heavy (non-hydrogen) atoms. The van der Waals surface area contributed by atoms with Crippen LogP contribution in [0.2, 0.25) is 0 Å². The van der Waals surface area contributed by atoms with Gasteiger partial charge in [-0.1, -0.05) is 6.08 Å². The van der Waals surface area contributed by atoms with Crippen molar-refractivity contribution in [3.8, 4) is 0 Å². The Balaban J connectivity index is 0. The van der Waals surface area contributed by atoms with E-state index in [4.69, 9.17) is 27.7 Å². The second-order valence-corrected chi connectivity index (χ2v) is 2.75. The molecule has 0 unspecified atom stereocenters. The van der Waals surface area contributed by atoms with E-state index >= 15 is 0 Å². The van der Waals surface area contributed by atoms with E-state index in [1.54, 1.807) is 0 Å². The Morgan fingerprint density at radius 1 is 1.43 bits per heavy atom. The first-order valence-corrected chi connectivity index (χ1v) is 4.52. The predicted octanol–water partition coefficient (Wildman–Crippen LogP) is -2.05. The Morgan fingerprint density at radius 3 is 2.00 bits per heavy atom. The maximum Gasteiger partial charge on any atom is 0.394 e. The van der Waals surface area contributed by atoms with E-state index in [1.165, 1.54) is 6.08 Å². The van der Waals surface area contributed by atoms with Gasteiger partial charge in [0.25, 0.3) is 5.91 Å². The third kappa shape index (κ3) is 22.4. The average Bonchev–Trinajstić information content (AvgIpc) is 1.96. The summed E-state index contributed by atoms with van der Waals surface area (Å²) in [5.41, 5.74) is 0. The Hall–Kier alpha value is -1.00. The first-order chi connectivity index (χ1) is 6.18. The van der Waals surface area contributed by atoms with Gasteiger partial charge in [0.2, 0.25) is 6.29 Å². The summed E-state index contributed by atoms with van der Waals surface area (Å²) in [6.45, 7) is 3.56. The summed E-state index contributed by atoms with van der Waals surface area (Å²) in [5, 5.41) is 18.5. The highest BCUT2D eigenvalue weighted by Crippen LogP contribution is 1.72. The average molecular weight is 229 g/mol. The van der Waals surface area contributed by atoms with Gasteiger partial charge in [-0.15, -0.1) is 6.58 Å². The summed E-state index contributed by atoms with van der Waals surface area (Å²) >= 11 is 0. The van der Waals surface area contributed by atoms with Gasteiger partial charge in [-0.05, 0) is 0 Å². The van der Waals surface area contributed by atoms with Crippen LogP contribution in [0.15, 0.2) is 12.7 Å². The molecule has 0 bridgehead atoms. The second kappa shape index (κ2) is 7.41. The van der Waals surface area contributed by atoms with Crippen LogP contribution in [-0.2, 0) is 15.2 Å². The Bertz CT molecular complexity index is 262. The zero-order valence-electron chi connectivity index (χ0n) is 6.99. The van der Waals surface area contributed by atoms with Gasteiger partial charge in [0, 0.05) is 6.54 Å². The lowest BCUT2D eigenvalue weighted by atomic mass is 10.5. The van der Waals surface area contributed by atoms with Crippen LogP contribution in [0.3, 0.4) is 0 Å². The Labute approximate surface area is 80.4 Å². The molecule has 0 saturated heterocycles. The predicted molar refractivity (Wildman–Crippen MR) is 45.6 cm³/mol. The van der Waals surface area contributed by atoms with Crippen LogP contribution in [0.4, 0.5) is 0 Å². The molecule has 0 heterocycles. The van der Waals surface area contributed by atoms with Crippen molar-refractivity contribution >= 4 is 16.3 Å². The molecule has 5 N–H and O–H groups in total. The van der Waals surface area contributed by atoms with Gasteiger partial charge in [-0.25, -0.2) is 0 Å². The summed E-state index contributed by atoms with van der Waals surface area (Å²) in [6, 6.07) is 0. The number of rotatable bonds is 3. The maximum atomic E-state index is 10.2. The first-order valence-electron chi connectivity index (χ1n) is 3.13. The molecule has 0 spiro atoms. The molecule has 8 nitrogen and oxygen atoms in total. The smallest absolute Gasteiger partial charge is 0.361 e. The van der Waals surface area contributed by atoms with Crippen LogP contribution in [0.1, 0.15) is 0 Å². The quantitative estimate of drug-likeness (QED) is 0.213. The molecule has 0 aromatic rings. The standard InChI is InChI=1S/C5H9NO3.H2O4S/c1-2-3-6-4(7)5(8)9;1-5(2,3)4/h2,5,8-9H,1,3H2,(H,6,7);(H2,1,2,3,4). The van der Waals surface area contributed by atoms with Crippen LogP contribution < -0.4 is 5.32 Å². The van der Waals surface area contributed by atoms with E-state index < -0.39 is 22.6 Å². The molecule has 0 aliphatic carbocycles. The van der Waals surface area contributed by atoms with E-state index in [0.717, 1.165) is 0 Å². The third-order valence-electron chi connectivity index (χ3n) is 0.655. The molecule has 0 saturated carbocycles. The van der Waals surface area contributed by atoms with E-state index in [1.807, 2.05) is 0 Å². The Kier molecular flexibility index (Phi) is 8.19. The third-order valence-corrected chi connectivity index (χ3v) is 0.655. The van der Waals surface area contributed by atoms with Crippen molar-refractivity contribution in [2.24, 2.45) is 0 Å². The molecule has 84 valence electrons. The van der Waals surface area contributed by atoms with Crippen LogP contribution in [-0.4, -0.2) is 46.5 Å². The van der Waals surface area contributed by atoms with Crippen LogP contribution in [0.5, 0.6) is 0 Å². The van der Waals surface area contributed by atoms with Crippen LogP contribution in [0.25, 0.3) is 0 Å². The fourth-order valence-electron chi connectivity index (χ4n) is 0.264. The van der Waals surface area contributed by atoms with Gasteiger partial charge in [0.1, 0.15) is 0 Å². The minimum atomic E-state index is -4.67. The van der Waals surface area contributed by atoms with Crippen molar-refractivity contribution < 1.29 is 32.5 Å². The van der Waals surface area contributed by atoms with Gasteiger partial charge in [-0.3, -0.25) is 13.9 Å². The molecular formula is C5H11NO7S. The number of aliphatic hydroxyl groups excluding tert-OH is 1. The summed E-state index contributed by atoms with van der Waals surface area (Å²) in [4.78, 5) is 10.2. The highest BCUT2D eigenvalue weighted by Gasteiger charge is 2.07. The summed E-state index contributed by atoms with van der Waals surface area (Å²) in [7, 11) is -4.67. The van der Waals surface area contributed by atoms with Gasteiger partial charge in [0.05, 0.1) is 0 Å². The molecule has 0 radical (unpaired) electrons. The monoisotopic (exact) mass is 229 g/mol. The van der Waals surface area contributed by atoms with Crippen molar-refractivity contribution in [3.63, 3.8) is 0 Å². The van der Waals surface area contributed by atoms with Crippen molar-refractivity contribution in [1.82, 2.24) is 5.32 Å². The van der Waals surface area contributed by atoms with Crippen LogP contribution in [0, 0.1) is 0 Å². The van der Waals surface area contributed by atoms with Crippen LogP contribution >= 0.6 is 0 Å². The van der Waals surface area contributed by atoms with Gasteiger partial charge in [-0.2, -0.15) is 8.42 Å². The molecule has 0 aromatic carbocycles. The molecule has 0 aliphatic rings. The molecule has 0 atom stereocenters. The van der Waals surface area contributed by atoms with Gasteiger partial charge < -0.3 is 15.5 Å². The van der Waals surface area contributed by atoms with Crippen molar-refractivity contribution in [2.75, 3.05) is 6.54 Å². The number of amides is 1. The fourth-order valence-corrected chi connectivity index (χ4v) is 0.264. The molecule has 9 heteroatoms. The van der Waals surface area contributed by atoms with E-state index in [2.05, 4.69) is 11.9 Å². The van der Waals surface area contributed by atoms with Crippen molar-refractivity contribution in [2.45, 2.75) is 6.29 Å². The highest BCUT2D eigenvalue weighted by molar-refractivity contribution is 7.79. The lowest BCUT2D eigenvalue weighted by Crippen LogP contribution is -2.34. The Morgan fingerprint density at radius 2 is 1.79 bits per heavy atom. The zero-order chi connectivity index (χ0) is 11.8. The summed E-state index contributed by atoms with van der Waals surface area (Å²) in [5.74, 6) is -0.810. The normalized spacial score (nSPS) is 10.1. The second-order valence-electron chi connectivity index (χ2n) is 1.86. The minimum absolute atomic E-state index is 0.246. The highest BCUT2D eigenvalue weighted by atomic mass is 32.3. The molecule has 0 rings (SSSR count). The summed E-state index contributed by atoms with van der Waals surface area (Å²) < 4.78 is 31.6. The summed E-state index contributed by atoms with van der Waals surface area (Å²) in [6.07, 6.45) is -0.481. The molecule has 1 amide bonds. The number of hydrogen-bond donors (Lipinski definition) is 5. The van der Waals surface area contributed by atoms with E-state index in [-0.39, 0.29) is 6.54 Å². The topological polar surface area (TPSA) is 144 Å². The first kappa shape index (κ1) is 15.5. The fraction of sp³-hybridized carbons (Fsp3) is 0.400. The van der Waals surface area contributed by atoms with Crippen molar-refractivity contribution in [1.29, 1.82) is 0 Å². The number of hydrogen-bond acceptors (Lipinski definition) is 5. The molecule has 0 aliphatic heterocycles. The molecule has 0 fully saturated rings. The molecular weight excluding hydrogens is 218 g/mol. The number of nitrogens with one attached hydrogen (secondary N) is 1. The van der Waals surface area contributed by atoms with Gasteiger partial charge in [0.15, 0.2) is 0 Å². The maximum absolute atomic E-state index is 10.2. The zero-order valence-corrected chi connectivity index (χ0v) is 7.81. The van der Waals surface area contributed by atoms with E-state index in [9.17, 15) is 4.79 Å². The minimum Gasteiger partial charge on any atom is -0.361 e. The lowest BCUT2D eigenvalue weighted by molar-refractivity contribution is -0.147. The SMILES string of the molecule is C=CCNC(=O)C(O)O.O=S(=O)(O)O.